The third-order valence-electron chi connectivity index (χ3n) is 3.63. The molecule has 0 aliphatic rings. The minimum absolute atomic E-state index is 0.149. The number of aryl methyl sites for hydroxylation is 2. The highest BCUT2D eigenvalue weighted by molar-refractivity contribution is 5.63. The number of aromatic nitrogens is 2. The fourth-order valence-corrected chi connectivity index (χ4v) is 2.44. The van der Waals surface area contributed by atoms with Crippen molar-refractivity contribution in [1.82, 2.24) is 9.78 Å². The lowest BCUT2D eigenvalue weighted by molar-refractivity contribution is 0.557. The van der Waals surface area contributed by atoms with Gasteiger partial charge >= 0.3 is 0 Å². The fourth-order valence-electron chi connectivity index (χ4n) is 2.44. The highest BCUT2D eigenvalue weighted by Crippen LogP contribution is 2.21. The number of rotatable bonds is 6. The van der Waals surface area contributed by atoms with E-state index in [9.17, 15) is 4.79 Å². The molecule has 108 valence electrons. The van der Waals surface area contributed by atoms with Crippen molar-refractivity contribution in [2.24, 2.45) is 0 Å². The van der Waals surface area contributed by atoms with Gasteiger partial charge in [0.25, 0.3) is 5.56 Å². The molecule has 20 heavy (non-hydrogen) atoms. The molecular formula is C17H24N2O. The highest BCUT2D eigenvalue weighted by atomic mass is 16.1. The molecule has 0 amide bonds. The fraction of sp³-hybridized carbons (Fsp3) is 0.471. The molecule has 0 aliphatic carbocycles. The third-order valence-corrected chi connectivity index (χ3v) is 3.63. The number of aromatic amines is 1. The van der Waals surface area contributed by atoms with Crippen LogP contribution in [-0.2, 0) is 13.0 Å². The first-order valence-electron chi connectivity index (χ1n) is 7.56. The van der Waals surface area contributed by atoms with Gasteiger partial charge in [-0.15, -0.1) is 0 Å². The minimum Gasteiger partial charge on any atom is -0.295 e. The highest BCUT2D eigenvalue weighted by Gasteiger charge is 2.14. The molecular weight excluding hydrogens is 248 g/mol. The number of benzene rings is 1. The average Bonchev–Trinajstić information content (AvgIpc) is 2.75. The predicted molar refractivity (Wildman–Crippen MR) is 84.1 cm³/mol. The van der Waals surface area contributed by atoms with Crippen LogP contribution in [0.3, 0.4) is 0 Å². The molecule has 3 nitrogen and oxygen atoms in total. The first-order chi connectivity index (χ1) is 9.67. The number of H-pyrrole nitrogens is 1. The molecule has 0 unspecified atom stereocenters. The van der Waals surface area contributed by atoms with Crippen LogP contribution in [0, 0.1) is 6.92 Å². The Labute approximate surface area is 120 Å². The molecule has 0 atom stereocenters. The maximum Gasteiger partial charge on any atom is 0.270 e. The van der Waals surface area contributed by atoms with E-state index in [2.05, 4.69) is 50.1 Å². The Morgan fingerprint density at radius 2 is 1.80 bits per heavy atom. The molecule has 0 saturated carbocycles. The molecule has 0 bridgehead atoms. The van der Waals surface area contributed by atoms with E-state index in [1.54, 1.807) is 4.68 Å². The first kappa shape index (κ1) is 14.6. The van der Waals surface area contributed by atoms with Gasteiger partial charge in [0.05, 0.1) is 5.69 Å². The summed E-state index contributed by atoms with van der Waals surface area (Å²) in [7, 11) is 0. The second-order valence-corrected chi connectivity index (χ2v) is 5.39. The largest absolute Gasteiger partial charge is 0.295 e. The Morgan fingerprint density at radius 1 is 1.10 bits per heavy atom. The van der Waals surface area contributed by atoms with Gasteiger partial charge < -0.3 is 0 Å². The van der Waals surface area contributed by atoms with Gasteiger partial charge in [-0.3, -0.25) is 14.6 Å². The minimum atomic E-state index is 0.149. The Bertz CT molecular complexity index is 605. The maximum absolute atomic E-state index is 12.5. The average molecular weight is 272 g/mol. The van der Waals surface area contributed by atoms with E-state index in [1.807, 2.05) is 0 Å². The van der Waals surface area contributed by atoms with Crippen molar-refractivity contribution in [3.63, 3.8) is 0 Å². The predicted octanol–water partition coefficient (Wildman–Crippen LogP) is 3.90. The molecule has 3 heteroatoms. The van der Waals surface area contributed by atoms with Crippen LogP contribution in [0.25, 0.3) is 11.3 Å². The van der Waals surface area contributed by atoms with E-state index in [-0.39, 0.29) is 5.56 Å². The van der Waals surface area contributed by atoms with Gasteiger partial charge in [0.2, 0.25) is 0 Å². The summed E-state index contributed by atoms with van der Waals surface area (Å²) in [5, 5.41) is 3.31. The molecule has 1 aromatic heterocycles. The SMILES string of the molecule is CCCCn1[nH]c(-c2ccc(C)cc2)c(CCC)c1=O. The Kier molecular flexibility index (Phi) is 4.83. The second-order valence-electron chi connectivity index (χ2n) is 5.39. The topological polar surface area (TPSA) is 37.8 Å². The van der Waals surface area contributed by atoms with Crippen molar-refractivity contribution in [3.05, 3.63) is 45.7 Å². The van der Waals surface area contributed by atoms with Crippen molar-refractivity contribution in [2.75, 3.05) is 0 Å². The van der Waals surface area contributed by atoms with E-state index >= 15 is 0 Å². The zero-order valence-electron chi connectivity index (χ0n) is 12.7. The summed E-state index contributed by atoms with van der Waals surface area (Å²) in [5.74, 6) is 0. The molecule has 0 fully saturated rings. The van der Waals surface area contributed by atoms with Crippen LogP contribution in [0.2, 0.25) is 0 Å². The van der Waals surface area contributed by atoms with Crippen molar-refractivity contribution in [3.8, 4) is 11.3 Å². The summed E-state index contributed by atoms with van der Waals surface area (Å²) in [6.45, 7) is 7.10. The van der Waals surface area contributed by atoms with Crippen molar-refractivity contribution in [1.29, 1.82) is 0 Å². The smallest absolute Gasteiger partial charge is 0.270 e. The van der Waals surface area contributed by atoms with Gasteiger partial charge in [-0.1, -0.05) is 56.5 Å². The zero-order valence-corrected chi connectivity index (χ0v) is 12.7. The van der Waals surface area contributed by atoms with Gasteiger partial charge in [-0.05, 0) is 25.3 Å². The lowest BCUT2D eigenvalue weighted by Crippen LogP contribution is -2.19. The van der Waals surface area contributed by atoms with Gasteiger partial charge in [0.15, 0.2) is 0 Å². The van der Waals surface area contributed by atoms with Crippen LogP contribution < -0.4 is 5.56 Å². The zero-order chi connectivity index (χ0) is 14.5. The molecule has 1 heterocycles. The quantitative estimate of drug-likeness (QED) is 0.850. The van der Waals surface area contributed by atoms with Crippen LogP contribution in [0.15, 0.2) is 29.1 Å². The summed E-state index contributed by atoms with van der Waals surface area (Å²) in [5.41, 5.74) is 4.40. The maximum atomic E-state index is 12.5. The summed E-state index contributed by atoms with van der Waals surface area (Å²) in [6.07, 6.45) is 3.94. The van der Waals surface area contributed by atoms with Crippen molar-refractivity contribution >= 4 is 0 Å². The number of hydrogen-bond donors (Lipinski definition) is 1. The van der Waals surface area contributed by atoms with Gasteiger partial charge in [0, 0.05) is 12.1 Å². The van der Waals surface area contributed by atoms with E-state index in [4.69, 9.17) is 0 Å². The number of nitrogens with zero attached hydrogens (tertiary/aromatic N) is 1. The van der Waals surface area contributed by atoms with Gasteiger partial charge in [-0.25, -0.2) is 0 Å². The molecule has 0 radical (unpaired) electrons. The summed E-state index contributed by atoms with van der Waals surface area (Å²) < 4.78 is 1.77. The van der Waals surface area contributed by atoms with Crippen LogP contribution >= 0.6 is 0 Å². The van der Waals surface area contributed by atoms with Gasteiger partial charge in [0.1, 0.15) is 0 Å². The van der Waals surface area contributed by atoms with E-state index in [0.717, 1.165) is 49.0 Å². The standard InChI is InChI=1S/C17H24N2O/c1-4-6-12-19-17(20)15(7-5-2)16(18-19)14-10-8-13(3)9-11-14/h8-11,18H,4-7,12H2,1-3H3. The van der Waals surface area contributed by atoms with Crippen molar-refractivity contribution in [2.45, 2.75) is 53.0 Å². The van der Waals surface area contributed by atoms with E-state index in [0.29, 0.717) is 0 Å². The van der Waals surface area contributed by atoms with Crippen LogP contribution in [-0.4, -0.2) is 9.78 Å². The van der Waals surface area contributed by atoms with Crippen molar-refractivity contribution < 1.29 is 0 Å². The molecule has 0 aliphatic heterocycles. The molecule has 0 spiro atoms. The molecule has 1 aromatic carbocycles. The molecule has 2 rings (SSSR count). The molecule has 2 aromatic rings. The second kappa shape index (κ2) is 6.60. The summed E-state index contributed by atoms with van der Waals surface area (Å²) >= 11 is 0. The molecule has 1 N–H and O–H groups in total. The van der Waals surface area contributed by atoms with Crippen LogP contribution in [0.4, 0.5) is 0 Å². The first-order valence-corrected chi connectivity index (χ1v) is 7.56. The normalized spacial score (nSPS) is 10.9. The van der Waals surface area contributed by atoms with Gasteiger partial charge in [-0.2, -0.15) is 0 Å². The van der Waals surface area contributed by atoms with Crippen LogP contribution in [0.5, 0.6) is 0 Å². The lowest BCUT2D eigenvalue weighted by atomic mass is 10.0. The monoisotopic (exact) mass is 272 g/mol. The van der Waals surface area contributed by atoms with E-state index < -0.39 is 0 Å². The third kappa shape index (κ3) is 3.03. The molecule has 0 saturated heterocycles. The van der Waals surface area contributed by atoms with E-state index in [1.165, 1.54) is 5.56 Å². The summed E-state index contributed by atoms with van der Waals surface area (Å²) in [4.78, 5) is 12.5. The van der Waals surface area contributed by atoms with Crippen LogP contribution in [0.1, 0.15) is 44.2 Å². The Hall–Kier alpha value is -1.77. The number of unbranched alkanes of at least 4 members (excludes halogenated alkanes) is 1. The lowest BCUT2D eigenvalue weighted by Gasteiger charge is -2.02. The number of hydrogen-bond acceptors (Lipinski definition) is 1. The Morgan fingerprint density at radius 3 is 2.40 bits per heavy atom. The summed E-state index contributed by atoms with van der Waals surface area (Å²) in [6, 6.07) is 8.35. The number of nitrogens with one attached hydrogen (secondary N) is 1. The Balaban J connectivity index is 2.45.